The molecule has 1 N–H and O–H groups in total. The van der Waals surface area contributed by atoms with E-state index < -0.39 is 10.4 Å². The summed E-state index contributed by atoms with van der Waals surface area (Å²) in [7, 11) is -4.47. The average molecular weight is 478 g/mol. The van der Waals surface area contributed by atoms with Gasteiger partial charge < -0.3 is 9.84 Å². The van der Waals surface area contributed by atoms with Crippen molar-refractivity contribution in [1.82, 2.24) is 0 Å². The molecule has 0 atom stereocenters. The van der Waals surface area contributed by atoms with Crippen LogP contribution < -0.4 is 39.4 Å². The summed E-state index contributed by atoms with van der Waals surface area (Å²) < 4.78 is 38.9. The Hall–Kier alpha value is -2.67. The normalized spacial score (nSPS) is 11.6. The summed E-state index contributed by atoms with van der Waals surface area (Å²) >= 11 is 0. The Balaban J connectivity index is 0.00000385. The fourth-order valence-corrected chi connectivity index (χ4v) is 2.74. The topological polar surface area (TPSA) is 145 Å². The first kappa shape index (κ1) is 26.6. The first-order chi connectivity index (χ1) is 15.3. The van der Waals surface area contributed by atoms with E-state index in [0.29, 0.717) is 28.5 Å². The van der Waals surface area contributed by atoms with Gasteiger partial charge in [-0.3, -0.25) is 4.55 Å². The van der Waals surface area contributed by atoms with Crippen LogP contribution in [0.3, 0.4) is 0 Å². The van der Waals surface area contributed by atoms with Crippen LogP contribution in [0.25, 0.3) is 0 Å². The van der Waals surface area contributed by atoms with E-state index in [1.807, 2.05) is 13.0 Å². The predicted molar refractivity (Wildman–Crippen MR) is 115 cm³/mol. The molecule has 33 heavy (non-hydrogen) atoms. The van der Waals surface area contributed by atoms with Crippen LogP contribution in [0.2, 0.25) is 0 Å². The van der Waals surface area contributed by atoms with Crippen LogP contribution >= 0.6 is 0 Å². The molecule has 0 fully saturated rings. The molecule has 10 nitrogen and oxygen atoms in total. The number of azo groups is 2. The van der Waals surface area contributed by atoms with E-state index in [0.717, 1.165) is 5.56 Å². The molecule has 0 aromatic heterocycles. The summed E-state index contributed by atoms with van der Waals surface area (Å²) in [6, 6.07) is 18.1. The van der Waals surface area contributed by atoms with E-state index in [2.05, 4.69) is 24.6 Å². The van der Waals surface area contributed by atoms with E-state index in [-0.39, 0.29) is 48.5 Å². The van der Waals surface area contributed by atoms with Crippen molar-refractivity contribution >= 4 is 33.1 Å². The number of ether oxygens (including phenoxy) is 1. The standard InChI is InChI=1S/C21H20N4O6S.Na/c1-15-14-18(24-22-16-2-7-19(26)8-3-16)6-11-21(15)25-23-17-4-9-20(10-5-17)30-12-13-31-32(27,28)29;/h2-11,14,26H,12-13H2,1H3,(H,27,28,29);/q;+1/p-1. The molecule has 0 saturated heterocycles. The SMILES string of the molecule is Cc1cc(N=Nc2ccc([O-])cc2)ccc1N=Nc1ccc(OCCOS(=O)(=O)O)cc1.[Na+]. The maximum absolute atomic E-state index is 11.1. The van der Waals surface area contributed by atoms with Gasteiger partial charge >= 0.3 is 40.0 Å². The van der Waals surface area contributed by atoms with Crippen molar-refractivity contribution in [2.45, 2.75) is 6.92 Å². The van der Waals surface area contributed by atoms with E-state index in [1.54, 1.807) is 48.5 Å². The summed E-state index contributed by atoms with van der Waals surface area (Å²) in [6.07, 6.45) is 0. The van der Waals surface area contributed by atoms with Gasteiger partial charge in [0.25, 0.3) is 0 Å². The van der Waals surface area contributed by atoms with E-state index in [1.165, 1.54) is 12.1 Å². The zero-order valence-corrected chi connectivity index (χ0v) is 20.8. The van der Waals surface area contributed by atoms with Crippen LogP contribution in [0.1, 0.15) is 5.56 Å². The van der Waals surface area contributed by atoms with Gasteiger partial charge in [0.05, 0.1) is 22.7 Å². The number of nitrogens with zero attached hydrogens (tertiary/aromatic N) is 4. The van der Waals surface area contributed by atoms with E-state index in [9.17, 15) is 13.5 Å². The third-order valence-corrected chi connectivity index (χ3v) is 4.46. The van der Waals surface area contributed by atoms with Crippen LogP contribution in [0.4, 0.5) is 22.7 Å². The van der Waals surface area contributed by atoms with Gasteiger partial charge in [-0.1, -0.05) is 12.1 Å². The average Bonchev–Trinajstić information content (AvgIpc) is 2.76. The molecule has 0 saturated carbocycles. The Morgan fingerprint density at radius 1 is 0.818 bits per heavy atom. The molecule has 3 rings (SSSR count). The first-order valence-corrected chi connectivity index (χ1v) is 10.7. The maximum Gasteiger partial charge on any atom is 1.00 e. The largest absolute Gasteiger partial charge is 1.00 e. The van der Waals surface area contributed by atoms with Crippen molar-refractivity contribution < 1.29 is 56.6 Å². The Kier molecular flexibility index (Phi) is 10.1. The number of hydrogen-bond acceptors (Lipinski definition) is 9. The van der Waals surface area contributed by atoms with Crippen molar-refractivity contribution in [3.05, 3.63) is 72.3 Å². The number of aryl methyl sites for hydroxylation is 1. The van der Waals surface area contributed by atoms with Gasteiger partial charge in [0, 0.05) is 0 Å². The van der Waals surface area contributed by atoms with E-state index in [4.69, 9.17) is 9.29 Å². The second kappa shape index (κ2) is 12.5. The van der Waals surface area contributed by atoms with Crippen LogP contribution in [0.5, 0.6) is 11.5 Å². The molecule has 3 aromatic carbocycles. The summed E-state index contributed by atoms with van der Waals surface area (Å²) in [5.74, 6) is 0.403. The van der Waals surface area contributed by atoms with Gasteiger partial charge in [0.15, 0.2) is 0 Å². The van der Waals surface area contributed by atoms with Gasteiger partial charge in [-0.15, -0.1) is 5.75 Å². The Morgan fingerprint density at radius 3 is 1.97 bits per heavy atom. The molecule has 0 aliphatic carbocycles. The molecule has 0 aliphatic heterocycles. The molecule has 0 amide bonds. The molecule has 0 radical (unpaired) electrons. The zero-order valence-electron chi connectivity index (χ0n) is 18.0. The van der Waals surface area contributed by atoms with Crippen LogP contribution in [0.15, 0.2) is 87.2 Å². The Labute approximate surface area is 213 Å². The second-order valence-corrected chi connectivity index (χ2v) is 7.55. The molecule has 0 aliphatic rings. The predicted octanol–water partition coefficient (Wildman–Crippen LogP) is 2.10. The van der Waals surface area contributed by atoms with Gasteiger partial charge in [-0.05, 0) is 67.1 Å². The Morgan fingerprint density at radius 2 is 1.36 bits per heavy atom. The minimum Gasteiger partial charge on any atom is -0.872 e. The zero-order chi connectivity index (χ0) is 23.0. The minimum absolute atomic E-state index is 0. The molecule has 12 heteroatoms. The molecule has 0 heterocycles. The molecule has 0 bridgehead atoms. The molecule has 3 aromatic rings. The monoisotopic (exact) mass is 478 g/mol. The molecule has 0 spiro atoms. The third-order valence-electron chi connectivity index (χ3n) is 3.99. The molecule has 0 unspecified atom stereocenters. The number of benzene rings is 3. The first-order valence-electron chi connectivity index (χ1n) is 9.34. The van der Waals surface area contributed by atoms with Crippen LogP contribution in [-0.4, -0.2) is 26.2 Å². The fraction of sp³-hybridized carbons (Fsp3) is 0.143. The van der Waals surface area contributed by atoms with Crippen molar-refractivity contribution in [3.8, 4) is 11.5 Å². The minimum atomic E-state index is -4.47. The number of hydrogen-bond donors (Lipinski definition) is 1. The molecule has 166 valence electrons. The third kappa shape index (κ3) is 9.38. The molecular weight excluding hydrogens is 459 g/mol. The van der Waals surface area contributed by atoms with Crippen molar-refractivity contribution in [1.29, 1.82) is 0 Å². The van der Waals surface area contributed by atoms with Crippen molar-refractivity contribution in [3.63, 3.8) is 0 Å². The van der Waals surface area contributed by atoms with Gasteiger partial charge in [-0.25, -0.2) is 4.18 Å². The summed E-state index contributed by atoms with van der Waals surface area (Å²) in [5.41, 5.74) is 3.36. The number of rotatable bonds is 9. The van der Waals surface area contributed by atoms with Crippen LogP contribution in [0, 0.1) is 6.92 Å². The van der Waals surface area contributed by atoms with Gasteiger partial charge in [-0.2, -0.15) is 28.9 Å². The summed E-state index contributed by atoms with van der Waals surface area (Å²) in [4.78, 5) is 0. The Bertz CT molecular complexity index is 1220. The smallest absolute Gasteiger partial charge is 0.872 e. The van der Waals surface area contributed by atoms with Gasteiger partial charge in [0.2, 0.25) is 0 Å². The second-order valence-electron chi connectivity index (χ2n) is 6.46. The van der Waals surface area contributed by atoms with Crippen LogP contribution in [-0.2, 0) is 14.6 Å². The fourth-order valence-electron chi connectivity index (χ4n) is 2.46. The summed E-state index contributed by atoms with van der Waals surface area (Å²) in [6.45, 7) is 1.53. The molecular formula is C21H19N4NaO6S. The van der Waals surface area contributed by atoms with Crippen molar-refractivity contribution in [2.75, 3.05) is 13.2 Å². The summed E-state index contributed by atoms with van der Waals surface area (Å²) in [5, 5.41) is 27.8. The van der Waals surface area contributed by atoms with Crippen molar-refractivity contribution in [2.24, 2.45) is 20.5 Å². The maximum atomic E-state index is 11.1. The van der Waals surface area contributed by atoms with E-state index >= 15 is 0 Å². The van der Waals surface area contributed by atoms with Gasteiger partial charge in [0.1, 0.15) is 19.0 Å². The quantitative estimate of drug-likeness (QED) is 0.216.